The second-order valence-electron chi connectivity index (χ2n) is 5.73. The van der Waals surface area contributed by atoms with Crippen LogP contribution in [0.4, 0.5) is 0 Å². The summed E-state index contributed by atoms with van der Waals surface area (Å²) >= 11 is 1.97. The first-order valence-corrected chi connectivity index (χ1v) is 7.93. The Morgan fingerprint density at radius 1 is 1.28 bits per heavy atom. The summed E-state index contributed by atoms with van der Waals surface area (Å²) in [6, 6.07) is 0. The fourth-order valence-corrected chi connectivity index (χ4v) is 3.76. The molecule has 2 aliphatic heterocycles. The summed E-state index contributed by atoms with van der Waals surface area (Å²) in [7, 11) is 0. The summed E-state index contributed by atoms with van der Waals surface area (Å²) in [5.41, 5.74) is -0.357. The minimum Gasteiger partial charge on any atom is -0.339 e. The third kappa shape index (κ3) is 3.00. The lowest BCUT2D eigenvalue weighted by molar-refractivity contribution is -0.143. The maximum atomic E-state index is 12.7. The van der Waals surface area contributed by atoms with Crippen molar-refractivity contribution in [1.82, 2.24) is 15.1 Å². The third-order valence-corrected chi connectivity index (χ3v) is 5.10. The van der Waals surface area contributed by atoms with Gasteiger partial charge in [-0.1, -0.05) is 6.92 Å². The zero-order valence-corrected chi connectivity index (χ0v) is 12.6. The van der Waals surface area contributed by atoms with Gasteiger partial charge in [0.2, 0.25) is 5.91 Å². The highest BCUT2D eigenvalue weighted by atomic mass is 32.2. The summed E-state index contributed by atoms with van der Waals surface area (Å²) < 4.78 is 0. The van der Waals surface area contributed by atoms with Gasteiger partial charge in [0.05, 0.1) is 5.54 Å². The molecule has 0 aromatic rings. The smallest absolute Gasteiger partial charge is 0.242 e. The van der Waals surface area contributed by atoms with E-state index in [1.807, 2.05) is 11.8 Å². The number of amides is 1. The van der Waals surface area contributed by atoms with Crippen LogP contribution in [0, 0.1) is 0 Å². The fraction of sp³-hybridized carbons (Fsp3) is 0.923. The highest BCUT2D eigenvalue weighted by Crippen LogP contribution is 2.23. The largest absolute Gasteiger partial charge is 0.339 e. The van der Waals surface area contributed by atoms with Crippen molar-refractivity contribution >= 4 is 17.7 Å². The molecular formula is C13H25N3OS. The van der Waals surface area contributed by atoms with Gasteiger partial charge in [-0.05, 0) is 13.8 Å². The molecule has 2 aliphatic rings. The Kier molecular flexibility index (Phi) is 4.56. The van der Waals surface area contributed by atoms with Gasteiger partial charge in [-0.2, -0.15) is 11.8 Å². The highest BCUT2D eigenvalue weighted by molar-refractivity contribution is 7.99. The van der Waals surface area contributed by atoms with Gasteiger partial charge in [0.15, 0.2) is 0 Å². The van der Waals surface area contributed by atoms with Crippen LogP contribution >= 0.6 is 11.8 Å². The zero-order valence-electron chi connectivity index (χ0n) is 11.7. The number of carbonyl (C=O) groups excluding carboxylic acids is 1. The van der Waals surface area contributed by atoms with Crippen LogP contribution in [0.2, 0.25) is 0 Å². The maximum absolute atomic E-state index is 12.7. The Labute approximate surface area is 114 Å². The average molecular weight is 271 g/mol. The van der Waals surface area contributed by atoms with Gasteiger partial charge in [0.25, 0.3) is 0 Å². The second-order valence-corrected chi connectivity index (χ2v) is 7.27. The third-order valence-electron chi connectivity index (χ3n) is 3.96. The quantitative estimate of drug-likeness (QED) is 0.799. The molecule has 0 radical (unpaired) electrons. The van der Waals surface area contributed by atoms with E-state index in [0.717, 1.165) is 45.0 Å². The average Bonchev–Trinajstić information content (AvgIpc) is 2.39. The molecular weight excluding hydrogens is 246 g/mol. The maximum Gasteiger partial charge on any atom is 0.242 e. The van der Waals surface area contributed by atoms with E-state index in [9.17, 15) is 4.79 Å². The number of piperazine rings is 1. The van der Waals surface area contributed by atoms with Crippen molar-refractivity contribution in [1.29, 1.82) is 0 Å². The lowest BCUT2D eigenvalue weighted by atomic mass is 9.99. The predicted octanol–water partition coefficient (Wildman–Crippen LogP) is 0.634. The molecule has 5 heteroatoms. The van der Waals surface area contributed by atoms with Crippen LogP contribution in [0.5, 0.6) is 0 Å². The summed E-state index contributed by atoms with van der Waals surface area (Å²) in [5.74, 6) is 1.38. The van der Waals surface area contributed by atoms with Crippen molar-refractivity contribution < 1.29 is 4.79 Å². The molecule has 1 atom stereocenters. The molecule has 2 saturated heterocycles. The van der Waals surface area contributed by atoms with E-state index in [2.05, 4.69) is 35.9 Å². The molecule has 1 amide bonds. The predicted molar refractivity (Wildman–Crippen MR) is 77.0 cm³/mol. The standard InChI is InChI=1S/C13H25N3OS/c1-11-10-15(8-9-18-11)12(17)13(2,3)16-6-4-14-5-7-16/h11,14H,4-10H2,1-3H3. The van der Waals surface area contributed by atoms with E-state index in [-0.39, 0.29) is 5.54 Å². The first kappa shape index (κ1) is 14.2. The van der Waals surface area contributed by atoms with Crippen LogP contribution in [0.3, 0.4) is 0 Å². The van der Waals surface area contributed by atoms with Crippen molar-refractivity contribution in [2.45, 2.75) is 31.6 Å². The summed E-state index contributed by atoms with van der Waals surface area (Å²) in [6.07, 6.45) is 0. The Morgan fingerprint density at radius 2 is 1.94 bits per heavy atom. The monoisotopic (exact) mass is 271 g/mol. The van der Waals surface area contributed by atoms with Crippen LogP contribution < -0.4 is 5.32 Å². The minimum atomic E-state index is -0.357. The van der Waals surface area contributed by atoms with Crippen molar-refractivity contribution in [3.8, 4) is 0 Å². The molecule has 0 saturated carbocycles. The Balaban J connectivity index is 2.01. The number of hydrogen-bond donors (Lipinski definition) is 1. The molecule has 0 spiro atoms. The lowest BCUT2D eigenvalue weighted by Gasteiger charge is -2.44. The number of carbonyl (C=O) groups is 1. The van der Waals surface area contributed by atoms with Gasteiger partial charge in [0.1, 0.15) is 0 Å². The molecule has 2 heterocycles. The van der Waals surface area contributed by atoms with Crippen LogP contribution in [0.15, 0.2) is 0 Å². The second kappa shape index (κ2) is 5.80. The van der Waals surface area contributed by atoms with Crippen LogP contribution in [0.25, 0.3) is 0 Å². The van der Waals surface area contributed by atoms with Gasteiger partial charge in [0, 0.05) is 50.3 Å². The van der Waals surface area contributed by atoms with E-state index in [1.54, 1.807) is 0 Å². The molecule has 0 aromatic carbocycles. The molecule has 2 rings (SSSR count). The molecule has 1 unspecified atom stereocenters. The molecule has 0 bridgehead atoms. The molecule has 1 N–H and O–H groups in total. The first-order valence-electron chi connectivity index (χ1n) is 6.88. The Morgan fingerprint density at radius 3 is 2.56 bits per heavy atom. The first-order chi connectivity index (χ1) is 8.51. The van der Waals surface area contributed by atoms with E-state index in [4.69, 9.17) is 0 Å². The molecule has 0 aliphatic carbocycles. The van der Waals surface area contributed by atoms with Crippen LogP contribution in [-0.4, -0.2) is 71.5 Å². The van der Waals surface area contributed by atoms with Gasteiger partial charge >= 0.3 is 0 Å². The number of nitrogens with one attached hydrogen (secondary N) is 1. The number of thioether (sulfide) groups is 1. The molecule has 4 nitrogen and oxygen atoms in total. The van der Waals surface area contributed by atoms with Crippen molar-refractivity contribution in [3.05, 3.63) is 0 Å². The van der Waals surface area contributed by atoms with E-state index < -0.39 is 0 Å². The summed E-state index contributed by atoms with van der Waals surface area (Å²) in [6.45, 7) is 12.1. The normalized spacial score (nSPS) is 27.3. The Bertz CT molecular complexity index is 303. The van der Waals surface area contributed by atoms with Gasteiger partial charge in [-0.15, -0.1) is 0 Å². The van der Waals surface area contributed by atoms with Crippen molar-refractivity contribution in [3.63, 3.8) is 0 Å². The SMILES string of the molecule is CC1CN(C(=O)C(C)(C)N2CCNCC2)CCS1. The minimum absolute atomic E-state index is 0.302. The molecule has 18 heavy (non-hydrogen) atoms. The fourth-order valence-electron chi connectivity index (χ4n) is 2.75. The highest BCUT2D eigenvalue weighted by Gasteiger charge is 2.39. The van der Waals surface area contributed by atoms with Crippen molar-refractivity contribution in [2.24, 2.45) is 0 Å². The summed E-state index contributed by atoms with van der Waals surface area (Å²) in [5, 5.41) is 3.91. The summed E-state index contributed by atoms with van der Waals surface area (Å²) in [4.78, 5) is 17.1. The van der Waals surface area contributed by atoms with Gasteiger partial charge < -0.3 is 10.2 Å². The number of nitrogens with zero attached hydrogens (tertiary/aromatic N) is 2. The molecule has 0 aromatic heterocycles. The molecule has 104 valence electrons. The van der Waals surface area contributed by atoms with Gasteiger partial charge in [-0.3, -0.25) is 9.69 Å². The van der Waals surface area contributed by atoms with E-state index in [0.29, 0.717) is 11.2 Å². The van der Waals surface area contributed by atoms with Crippen LogP contribution in [-0.2, 0) is 4.79 Å². The van der Waals surface area contributed by atoms with Crippen molar-refractivity contribution in [2.75, 3.05) is 45.0 Å². The van der Waals surface area contributed by atoms with E-state index in [1.165, 1.54) is 0 Å². The van der Waals surface area contributed by atoms with E-state index >= 15 is 0 Å². The van der Waals surface area contributed by atoms with Gasteiger partial charge in [-0.25, -0.2) is 0 Å². The molecule has 2 fully saturated rings. The van der Waals surface area contributed by atoms with Crippen LogP contribution in [0.1, 0.15) is 20.8 Å². The number of rotatable bonds is 2. The topological polar surface area (TPSA) is 35.6 Å². The zero-order chi connectivity index (χ0) is 13.2. The Hall–Kier alpha value is -0.260. The lowest BCUT2D eigenvalue weighted by Crippen LogP contribution is -2.61. The number of hydrogen-bond acceptors (Lipinski definition) is 4.